The van der Waals surface area contributed by atoms with Gasteiger partial charge in [0.15, 0.2) is 0 Å². The van der Waals surface area contributed by atoms with Crippen LogP contribution in [0.25, 0.3) is 0 Å². The fourth-order valence-corrected chi connectivity index (χ4v) is 3.21. The monoisotopic (exact) mass is 263 g/mol. The van der Waals surface area contributed by atoms with Crippen LogP contribution >= 0.6 is 0 Å². The number of nitrogens with one attached hydrogen (secondary N) is 1. The number of hydrogen-bond acceptors (Lipinski definition) is 1. The van der Waals surface area contributed by atoms with Crippen molar-refractivity contribution in [3.63, 3.8) is 0 Å². The normalized spacial score (nSPS) is 27.1. The summed E-state index contributed by atoms with van der Waals surface area (Å²) in [6, 6.07) is 7.29. The van der Waals surface area contributed by atoms with Crippen LogP contribution in [0, 0.1) is 17.2 Å². The zero-order valence-corrected chi connectivity index (χ0v) is 12.6. The average molecular weight is 263 g/mol. The molecule has 106 valence electrons. The molecule has 0 atom stereocenters. The topological polar surface area (TPSA) is 12.0 Å². The van der Waals surface area contributed by atoms with E-state index in [0.717, 1.165) is 31.5 Å². The van der Waals surface area contributed by atoms with Crippen molar-refractivity contribution in [1.29, 1.82) is 0 Å². The predicted octanol–water partition coefficient (Wildman–Crippen LogP) is 4.13. The van der Waals surface area contributed by atoms with Gasteiger partial charge in [0.2, 0.25) is 0 Å². The van der Waals surface area contributed by atoms with Crippen LogP contribution in [0.15, 0.2) is 24.3 Å². The third-order valence-corrected chi connectivity index (χ3v) is 4.66. The first kappa shape index (κ1) is 14.5. The second-order valence-electron chi connectivity index (χ2n) is 7.01. The van der Waals surface area contributed by atoms with E-state index in [2.05, 4.69) is 33.0 Å². The van der Waals surface area contributed by atoms with Gasteiger partial charge in [-0.1, -0.05) is 45.9 Å². The number of likely N-dealkylation sites (N-methyl/N-ethyl adjacent to an activating group) is 1. The molecule has 0 heterocycles. The molecular formula is C17H26FN. The molecule has 1 N–H and O–H groups in total. The fraction of sp³-hybridized carbons (Fsp3) is 0.647. The van der Waals surface area contributed by atoms with E-state index in [9.17, 15) is 4.39 Å². The maximum Gasteiger partial charge on any atom is 0.127 e. The number of hydrogen-bond donors (Lipinski definition) is 1. The lowest BCUT2D eigenvalue weighted by Gasteiger charge is -2.53. The maximum absolute atomic E-state index is 14.1. The van der Waals surface area contributed by atoms with Crippen molar-refractivity contribution in [2.24, 2.45) is 11.3 Å². The van der Waals surface area contributed by atoms with Crippen LogP contribution in [0.5, 0.6) is 0 Å². The lowest BCUT2D eigenvalue weighted by molar-refractivity contribution is 0.0430. The fourth-order valence-electron chi connectivity index (χ4n) is 3.21. The Morgan fingerprint density at radius 2 is 1.89 bits per heavy atom. The van der Waals surface area contributed by atoms with Crippen molar-refractivity contribution in [1.82, 2.24) is 5.32 Å². The van der Waals surface area contributed by atoms with Crippen molar-refractivity contribution in [2.45, 2.75) is 46.0 Å². The van der Waals surface area contributed by atoms with Gasteiger partial charge in [-0.2, -0.15) is 0 Å². The summed E-state index contributed by atoms with van der Waals surface area (Å²) in [5.74, 6) is 0.638. The van der Waals surface area contributed by atoms with Crippen molar-refractivity contribution in [2.75, 3.05) is 13.1 Å². The Morgan fingerprint density at radius 1 is 1.26 bits per heavy atom. The number of halogens is 1. The molecular weight excluding hydrogens is 237 g/mol. The van der Waals surface area contributed by atoms with E-state index in [-0.39, 0.29) is 11.2 Å². The number of rotatable bonds is 4. The molecule has 0 radical (unpaired) electrons. The highest BCUT2D eigenvalue weighted by Crippen LogP contribution is 2.54. The van der Waals surface area contributed by atoms with Gasteiger partial charge in [-0.3, -0.25) is 0 Å². The zero-order valence-electron chi connectivity index (χ0n) is 12.6. The minimum atomic E-state index is -0.0484. The summed E-state index contributed by atoms with van der Waals surface area (Å²) < 4.78 is 14.1. The molecule has 0 saturated heterocycles. The first-order chi connectivity index (χ1) is 8.89. The molecule has 0 aliphatic heterocycles. The molecule has 2 heteroatoms. The van der Waals surface area contributed by atoms with Crippen LogP contribution < -0.4 is 5.32 Å². The Morgan fingerprint density at radius 3 is 2.42 bits per heavy atom. The van der Waals surface area contributed by atoms with Gasteiger partial charge in [0, 0.05) is 12.0 Å². The standard InChI is InChI=1S/C17H26FN/c1-5-19-12-17(10-13(11-17)16(2,3)4)14-8-6-7-9-15(14)18/h6-9,13,19H,5,10-12H2,1-4H3. The van der Waals surface area contributed by atoms with Gasteiger partial charge >= 0.3 is 0 Å². The molecule has 1 saturated carbocycles. The van der Waals surface area contributed by atoms with Crippen LogP contribution in [0.4, 0.5) is 4.39 Å². The highest BCUT2D eigenvalue weighted by atomic mass is 19.1. The van der Waals surface area contributed by atoms with Crippen molar-refractivity contribution in [3.8, 4) is 0 Å². The molecule has 1 fully saturated rings. The van der Waals surface area contributed by atoms with Gasteiger partial charge in [-0.15, -0.1) is 0 Å². The Labute approximate surface area is 116 Å². The molecule has 1 aliphatic carbocycles. The second-order valence-corrected chi connectivity index (χ2v) is 7.01. The SMILES string of the molecule is CCNCC1(c2ccccc2F)CC(C(C)(C)C)C1. The van der Waals surface area contributed by atoms with Crippen LogP contribution in [-0.4, -0.2) is 13.1 Å². The van der Waals surface area contributed by atoms with E-state index in [1.54, 1.807) is 12.1 Å². The molecule has 0 spiro atoms. The quantitative estimate of drug-likeness (QED) is 0.861. The molecule has 0 amide bonds. The largest absolute Gasteiger partial charge is 0.316 e. The third kappa shape index (κ3) is 2.84. The minimum Gasteiger partial charge on any atom is -0.316 e. The van der Waals surface area contributed by atoms with E-state index in [4.69, 9.17) is 0 Å². The zero-order chi connectivity index (χ0) is 14.1. The molecule has 19 heavy (non-hydrogen) atoms. The Balaban J connectivity index is 2.22. The van der Waals surface area contributed by atoms with Crippen LogP contribution in [0.3, 0.4) is 0 Å². The highest BCUT2D eigenvalue weighted by molar-refractivity contribution is 5.31. The summed E-state index contributed by atoms with van der Waals surface area (Å²) in [6.07, 6.45) is 2.18. The Kier molecular flexibility index (Phi) is 4.00. The number of benzene rings is 1. The Hall–Kier alpha value is -0.890. The van der Waals surface area contributed by atoms with E-state index in [1.807, 2.05) is 12.1 Å². The summed E-state index contributed by atoms with van der Waals surface area (Å²) in [7, 11) is 0. The van der Waals surface area contributed by atoms with Crippen LogP contribution in [-0.2, 0) is 5.41 Å². The maximum atomic E-state index is 14.1. The molecule has 0 bridgehead atoms. The van der Waals surface area contributed by atoms with Crippen molar-refractivity contribution < 1.29 is 4.39 Å². The first-order valence-electron chi connectivity index (χ1n) is 7.35. The van der Waals surface area contributed by atoms with E-state index < -0.39 is 0 Å². The van der Waals surface area contributed by atoms with E-state index in [0.29, 0.717) is 11.3 Å². The van der Waals surface area contributed by atoms with Gasteiger partial charge < -0.3 is 5.32 Å². The molecule has 2 rings (SSSR count). The molecule has 1 aliphatic rings. The summed E-state index contributed by atoms with van der Waals surface area (Å²) in [6.45, 7) is 10.8. The van der Waals surface area contributed by atoms with Crippen LogP contribution in [0.2, 0.25) is 0 Å². The molecule has 1 nitrogen and oxygen atoms in total. The summed E-state index contributed by atoms with van der Waals surface area (Å²) in [4.78, 5) is 0. The van der Waals surface area contributed by atoms with Crippen molar-refractivity contribution in [3.05, 3.63) is 35.6 Å². The van der Waals surface area contributed by atoms with Gasteiger partial charge in [-0.05, 0) is 42.3 Å². The minimum absolute atomic E-state index is 0.000694. The first-order valence-corrected chi connectivity index (χ1v) is 7.35. The summed E-state index contributed by atoms with van der Waals surface area (Å²) in [5.41, 5.74) is 1.22. The smallest absolute Gasteiger partial charge is 0.127 e. The Bertz CT molecular complexity index is 427. The summed E-state index contributed by atoms with van der Waals surface area (Å²) in [5, 5.41) is 3.42. The average Bonchev–Trinajstić information content (AvgIpc) is 2.28. The van der Waals surface area contributed by atoms with Gasteiger partial charge in [0.05, 0.1) is 0 Å². The molecule has 1 aromatic rings. The van der Waals surface area contributed by atoms with Crippen LogP contribution in [0.1, 0.15) is 46.1 Å². The molecule has 0 aromatic heterocycles. The molecule has 0 unspecified atom stereocenters. The highest BCUT2D eigenvalue weighted by Gasteiger charge is 2.49. The van der Waals surface area contributed by atoms with E-state index >= 15 is 0 Å². The second kappa shape index (κ2) is 5.24. The van der Waals surface area contributed by atoms with Crippen molar-refractivity contribution >= 4 is 0 Å². The summed E-state index contributed by atoms with van der Waals surface area (Å²) >= 11 is 0. The van der Waals surface area contributed by atoms with Gasteiger partial charge in [-0.25, -0.2) is 4.39 Å². The third-order valence-electron chi connectivity index (χ3n) is 4.66. The van der Waals surface area contributed by atoms with E-state index in [1.165, 1.54) is 0 Å². The predicted molar refractivity (Wildman–Crippen MR) is 78.8 cm³/mol. The molecule has 1 aromatic carbocycles. The van der Waals surface area contributed by atoms with Gasteiger partial charge in [0.25, 0.3) is 0 Å². The lowest BCUT2D eigenvalue weighted by Crippen LogP contribution is -2.52. The lowest BCUT2D eigenvalue weighted by atomic mass is 9.52. The van der Waals surface area contributed by atoms with Gasteiger partial charge in [0.1, 0.15) is 5.82 Å².